The molecule has 0 radical (unpaired) electrons. The highest BCUT2D eigenvalue weighted by molar-refractivity contribution is 7.55. The second kappa shape index (κ2) is 7.42. The molecule has 0 heterocycles. The predicted octanol–water partition coefficient (Wildman–Crippen LogP) is 1.01. The fraction of sp³-hybridized carbons (Fsp3) is 0.500. The molecule has 21 heavy (non-hydrogen) atoms. The number of benzene rings is 1. The van der Waals surface area contributed by atoms with E-state index in [1.807, 2.05) is 0 Å². The van der Waals surface area contributed by atoms with Crippen molar-refractivity contribution in [1.29, 1.82) is 0 Å². The Morgan fingerprint density at radius 3 is 2.38 bits per heavy atom. The molecule has 0 spiro atoms. The molecule has 120 valence electrons. The van der Waals surface area contributed by atoms with E-state index in [0.717, 1.165) is 12.1 Å². The molecule has 0 aromatic heterocycles. The molecule has 0 saturated carbocycles. The van der Waals surface area contributed by atoms with Crippen LogP contribution in [0.4, 0.5) is 4.39 Å². The van der Waals surface area contributed by atoms with E-state index < -0.39 is 30.5 Å². The maximum absolute atomic E-state index is 13.4. The zero-order chi connectivity index (χ0) is 16.1. The van der Waals surface area contributed by atoms with Crippen molar-refractivity contribution in [1.82, 2.24) is 0 Å². The molecule has 0 aliphatic rings. The van der Waals surface area contributed by atoms with E-state index in [4.69, 9.17) is 14.3 Å². The van der Waals surface area contributed by atoms with Crippen LogP contribution in [0.1, 0.15) is 19.4 Å². The lowest BCUT2D eigenvalue weighted by Crippen LogP contribution is -3.06. The Hall–Kier alpha value is -0.860. The van der Waals surface area contributed by atoms with Crippen LogP contribution in [-0.4, -0.2) is 30.1 Å². The van der Waals surface area contributed by atoms with Gasteiger partial charge in [-0.05, 0) is 26.0 Å². The van der Waals surface area contributed by atoms with Gasteiger partial charge in [0, 0.05) is 5.56 Å². The number of aliphatic hydroxyl groups is 1. The third-order valence-corrected chi connectivity index (χ3v) is 5.25. The van der Waals surface area contributed by atoms with Crippen molar-refractivity contribution in [3.8, 4) is 0 Å². The van der Waals surface area contributed by atoms with Crippen molar-refractivity contribution in [2.75, 3.05) is 19.8 Å². The van der Waals surface area contributed by atoms with Crippen molar-refractivity contribution in [3.63, 3.8) is 0 Å². The van der Waals surface area contributed by atoms with Crippen molar-refractivity contribution in [3.05, 3.63) is 40.9 Å². The minimum absolute atomic E-state index is 0.0610. The fourth-order valence-electron chi connectivity index (χ4n) is 1.90. The van der Waals surface area contributed by atoms with Crippen molar-refractivity contribution < 1.29 is 33.5 Å². The number of nitrogens with one attached hydrogen (secondary N) is 1. The Morgan fingerprint density at radius 2 is 1.95 bits per heavy atom. The minimum Gasteiger partial charge on any atom is -0.600 e. The lowest BCUT2D eigenvalue weighted by atomic mass is 10.1. The van der Waals surface area contributed by atoms with Crippen LogP contribution in [0.5, 0.6) is 0 Å². The Labute approximate surface area is 122 Å². The summed E-state index contributed by atoms with van der Waals surface area (Å²) in [6, 6.07) is 4.58. The molecule has 9 heteroatoms. The summed E-state index contributed by atoms with van der Waals surface area (Å²) in [6.07, 6.45) is 0. The number of rotatable bonds is 8. The molecule has 1 aromatic rings. The largest absolute Gasteiger partial charge is 0.600 e. The van der Waals surface area contributed by atoms with Gasteiger partial charge in [0.2, 0.25) is 5.34 Å². The van der Waals surface area contributed by atoms with Gasteiger partial charge < -0.3 is 19.4 Å². The summed E-state index contributed by atoms with van der Waals surface area (Å²) in [5.41, 5.74) is -0.171. The van der Waals surface area contributed by atoms with Gasteiger partial charge in [0.25, 0.3) is 0 Å². The van der Waals surface area contributed by atoms with Gasteiger partial charge in [-0.25, -0.2) is 14.8 Å². The maximum Gasteiger partial charge on any atom is 0.372 e. The third-order valence-electron chi connectivity index (χ3n) is 2.74. The third kappa shape index (κ3) is 4.08. The average Bonchev–Trinajstić information content (AvgIpc) is 2.38. The van der Waals surface area contributed by atoms with Crippen LogP contribution in [0.3, 0.4) is 0 Å². The predicted molar refractivity (Wildman–Crippen MR) is 72.1 cm³/mol. The number of hydroxylamine groups is 2. The summed E-state index contributed by atoms with van der Waals surface area (Å²) in [7, 11) is -4.23. The SMILES string of the molecule is CCOP(=O)(OCC)[C@@](O)(C[NH+]([O-])O)c1cccc(F)c1. The molecule has 1 rings (SSSR count). The lowest BCUT2D eigenvalue weighted by molar-refractivity contribution is -1.05. The molecular weight excluding hydrogens is 304 g/mol. The van der Waals surface area contributed by atoms with Gasteiger partial charge in [-0.3, -0.25) is 4.57 Å². The molecule has 1 aromatic carbocycles. The highest BCUT2D eigenvalue weighted by Crippen LogP contribution is 2.63. The van der Waals surface area contributed by atoms with Crippen LogP contribution in [0.2, 0.25) is 0 Å². The minimum atomic E-state index is -4.23. The highest BCUT2D eigenvalue weighted by atomic mass is 31.2. The monoisotopic (exact) mass is 323 g/mol. The molecule has 0 saturated heterocycles. The summed E-state index contributed by atoms with van der Waals surface area (Å²) < 4.78 is 36.2. The zero-order valence-electron chi connectivity index (χ0n) is 11.8. The Kier molecular flexibility index (Phi) is 6.42. The Bertz CT molecular complexity index is 504. The quantitative estimate of drug-likeness (QED) is 0.487. The molecule has 2 atom stereocenters. The zero-order valence-corrected chi connectivity index (χ0v) is 12.7. The van der Waals surface area contributed by atoms with Gasteiger partial charge in [0.05, 0.1) is 13.2 Å². The van der Waals surface area contributed by atoms with Crippen molar-refractivity contribution >= 4 is 7.60 Å². The smallest absolute Gasteiger partial charge is 0.372 e. The highest BCUT2D eigenvalue weighted by Gasteiger charge is 2.54. The van der Waals surface area contributed by atoms with E-state index in [-0.39, 0.29) is 18.8 Å². The molecular formula is C12H19FNO6P. The second-order valence-electron chi connectivity index (χ2n) is 4.23. The summed E-state index contributed by atoms with van der Waals surface area (Å²) >= 11 is 0. The summed E-state index contributed by atoms with van der Waals surface area (Å²) in [4.78, 5) is 0. The summed E-state index contributed by atoms with van der Waals surface area (Å²) in [5.74, 6) is -0.698. The first-order valence-corrected chi connectivity index (χ1v) is 7.92. The first-order chi connectivity index (χ1) is 9.79. The van der Waals surface area contributed by atoms with Crippen molar-refractivity contribution in [2.45, 2.75) is 19.2 Å². The topological polar surface area (TPSA) is 103 Å². The van der Waals surface area contributed by atoms with Crippen molar-refractivity contribution in [2.24, 2.45) is 0 Å². The van der Waals surface area contributed by atoms with Crippen LogP contribution >= 0.6 is 7.60 Å². The van der Waals surface area contributed by atoms with Gasteiger partial charge in [0.15, 0.2) is 6.54 Å². The molecule has 0 aliphatic carbocycles. The van der Waals surface area contributed by atoms with Crippen LogP contribution in [-0.2, 0) is 19.0 Å². The van der Waals surface area contributed by atoms with Gasteiger partial charge in [-0.15, -0.1) is 0 Å². The standard InChI is InChI=1S/C12H19FNO6P/c1-3-19-21(18,20-4-2)12(15,9-14(16)17)10-6-5-7-11(13)8-10/h5-8,14-16H,3-4,9H2,1-2H3/t12-/m0/s1. The summed E-state index contributed by atoms with van der Waals surface area (Å²) in [5, 5.41) is 26.9. The van der Waals surface area contributed by atoms with E-state index in [1.54, 1.807) is 0 Å². The Balaban J connectivity index is 3.40. The molecule has 0 amide bonds. The number of hydrogen-bond acceptors (Lipinski definition) is 6. The molecule has 1 unspecified atom stereocenters. The first kappa shape index (κ1) is 18.2. The maximum atomic E-state index is 13.4. The fourth-order valence-corrected chi connectivity index (χ4v) is 3.86. The first-order valence-electron chi connectivity index (χ1n) is 6.38. The molecule has 0 aliphatic heterocycles. The average molecular weight is 323 g/mol. The van der Waals surface area contributed by atoms with E-state index >= 15 is 0 Å². The van der Waals surface area contributed by atoms with Gasteiger partial charge in [-0.1, -0.05) is 12.1 Å². The van der Waals surface area contributed by atoms with Gasteiger partial charge >= 0.3 is 7.60 Å². The van der Waals surface area contributed by atoms with Gasteiger partial charge in [-0.2, -0.15) is 0 Å². The molecule has 0 bridgehead atoms. The van der Waals surface area contributed by atoms with E-state index in [9.17, 15) is 19.3 Å². The Morgan fingerprint density at radius 1 is 1.38 bits per heavy atom. The second-order valence-corrected chi connectivity index (χ2v) is 6.48. The van der Waals surface area contributed by atoms with Crippen LogP contribution in [0.15, 0.2) is 24.3 Å². The number of halogens is 1. The lowest BCUT2D eigenvalue weighted by Gasteiger charge is -2.35. The van der Waals surface area contributed by atoms with Crippen LogP contribution in [0.25, 0.3) is 0 Å². The van der Waals surface area contributed by atoms with E-state index in [1.165, 1.54) is 26.0 Å². The van der Waals surface area contributed by atoms with Gasteiger partial charge in [0.1, 0.15) is 5.82 Å². The normalized spacial score (nSPS) is 16.5. The molecule has 3 N–H and O–H groups in total. The molecule has 7 nitrogen and oxygen atoms in total. The summed E-state index contributed by atoms with van der Waals surface area (Å²) in [6.45, 7) is 1.99. The number of hydrogen-bond donors (Lipinski definition) is 3. The molecule has 0 fully saturated rings. The van der Waals surface area contributed by atoms with E-state index in [2.05, 4.69) is 0 Å². The number of quaternary nitrogens is 1. The van der Waals surface area contributed by atoms with E-state index in [0.29, 0.717) is 0 Å². The van der Waals surface area contributed by atoms with Crippen LogP contribution < -0.4 is 5.23 Å². The van der Waals surface area contributed by atoms with Crippen LogP contribution in [0, 0.1) is 11.0 Å².